The smallest absolute Gasteiger partial charge is 0.410 e. The fraction of sp³-hybridized carbons (Fsp3) is 0.333. The summed E-state index contributed by atoms with van der Waals surface area (Å²) in [4.78, 5) is 19.6. The van der Waals surface area contributed by atoms with Crippen molar-refractivity contribution in [2.24, 2.45) is 10.9 Å². The molecule has 150 valence electrons. The zero-order chi connectivity index (χ0) is 20.8. The first-order chi connectivity index (χ1) is 13.8. The van der Waals surface area contributed by atoms with Crippen LogP contribution in [0.4, 0.5) is 14.9 Å². The van der Waals surface area contributed by atoms with Crippen LogP contribution in [0.25, 0.3) is 0 Å². The largest absolute Gasteiger partial charge is 0.444 e. The number of benzene rings is 2. The molecule has 5 heteroatoms. The third-order valence-electron chi connectivity index (χ3n) is 5.66. The topological polar surface area (TPSA) is 41.9 Å². The number of hydrogen-bond acceptors (Lipinski definition) is 3. The number of rotatable bonds is 2. The van der Waals surface area contributed by atoms with Gasteiger partial charge in [-0.15, -0.1) is 6.58 Å². The molecule has 2 heterocycles. The number of nitrogens with zero attached hydrogens (tertiary/aromatic N) is 2. The molecule has 1 saturated heterocycles. The minimum absolute atomic E-state index is 0.0579. The summed E-state index contributed by atoms with van der Waals surface area (Å²) in [6.07, 6.45) is 3.42. The van der Waals surface area contributed by atoms with E-state index in [-0.39, 0.29) is 17.8 Å². The SMILES string of the molecule is C=CC1CN(C(=O)OC(C)(C)C)[C@@H](c2ccc(F)cc2)C12C=Nc1ccccc12. The van der Waals surface area contributed by atoms with Crippen LogP contribution in [-0.4, -0.2) is 29.4 Å². The van der Waals surface area contributed by atoms with Crippen LogP contribution < -0.4 is 0 Å². The lowest BCUT2D eigenvalue weighted by Gasteiger charge is -2.36. The summed E-state index contributed by atoms with van der Waals surface area (Å²) in [5.41, 5.74) is 1.58. The molecule has 3 atom stereocenters. The van der Waals surface area contributed by atoms with Gasteiger partial charge >= 0.3 is 6.09 Å². The Hall–Kier alpha value is -2.95. The lowest BCUT2D eigenvalue weighted by molar-refractivity contribution is 0.0208. The first-order valence-corrected chi connectivity index (χ1v) is 9.78. The van der Waals surface area contributed by atoms with E-state index in [2.05, 4.69) is 11.6 Å². The monoisotopic (exact) mass is 392 g/mol. The summed E-state index contributed by atoms with van der Waals surface area (Å²) in [7, 11) is 0. The summed E-state index contributed by atoms with van der Waals surface area (Å²) in [5, 5.41) is 0. The molecule has 4 rings (SSSR count). The second kappa shape index (κ2) is 6.83. The van der Waals surface area contributed by atoms with E-state index in [0.717, 1.165) is 16.8 Å². The Bertz CT molecular complexity index is 977. The third-order valence-corrected chi connectivity index (χ3v) is 5.66. The van der Waals surface area contributed by atoms with Gasteiger partial charge in [-0.25, -0.2) is 9.18 Å². The van der Waals surface area contributed by atoms with Gasteiger partial charge in [-0.05, 0) is 50.1 Å². The first kappa shape index (κ1) is 19.4. The molecule has 2 aliphatic heterocycles. The van der Waals surface area contributed by atoms with Crippen LogP contribution >= 0.6 is 0 Å². The maximum atomic E-state index is 13.7. The summed E-state index contributed by atoms with van der Waals surface area (Å²) < 4.78 is 19.4. The molecule has 0 aromatic heterocycles. The number of amides is 1. The van der Waals surface area contributed by atoms with Gasteiger partial charge in [-0.1, -0.05) is 36.4 Å². The van der Waals surface area contributed by atoms with Gasteiger partial charge in [0, 0.05) is 18.7 Å². The van der Waals surface area contributed by atoms with Crippen LogP contribution in [0.1, 0.15) is 37.9 Å². The van der Waals surface area contributed by atoms with Crippen molar-refractivity contribution in [3.8, 4) is 0 Å². The fourth-order valence-corrected chi connectivity index (χ4v) is 4.51. The number of likely N-dealkylation sites (tertiary alicyclic amines) is 1. The lowest BCUT2D eigenvalue weighted by atomic mass is 9.68. The van der Waals surface area contributed by atoms with E-state index in [1.54, 1.807) is 17.0 Å². The molecular weight excluding hydrogens is 367 g/mol. The lowest BCUT2D eigenvalue weighted by Crippen LogP contribution is -2.41. The summed E-state index contributed by atoms with van der Waals surface area (Å²) in [6.45, 7) is 10.0. The minimum atomic E-state index is -0.620. The molecule has 29 heavy (non-hydrogen) atoms. The number of ether oxygens (including phenoxy) is 1. The van der Waals surface area contributed by atoms with Gasteiger partial charge in [0.1, 0.15) is 11.4 Å². The second-order valence-corrected chi connectivity index (χ2v) is 8.64. The van der Waals surface area contributed by atoms with Crippen molar-refractivity contribution in [1.82, 2.24) is 4.90 Å². The second-order valence-electron chi connectivity index (χ2n) is 8.64. The normalized spacial score (nSPS) is 25.3. The zero-order valence-electron chi connectivity index (χ0n) is 16.9. The molecule has 0 saturated carbocycles. The molecule has 1 spiro atoms. The predicted molar refractivity (Wildman–Crippen MR) is 112 cm³/mol. The van der Waals surface area contributed by atoms with Gasteiger partial charge in [-0.3, -0.25) is 9.89 Å². The van der Waals surface area contributed by atoms with Crippen molar-refractivity contribution in [2.45, 2.75) is 37.8 Å². The molecule has 1 fully saturated rings. The molecule has 4 nitrogen and oxygen atoms in total. The van der Waals surface area contributed by atoms with E-state index in [1.807, 2.05) is 57.3 Å². The zero-order valence-corrected chi connectivity index (χ0v) is 16.9. The minimum Gasteiger partial charge on any atom is -0.444 e. The van der Waals surface area contributed by atoms with Crippen molar-refractivity contribution in [3.63, 3.8) is 0 Å². The number of carbonyl (C=O) groups excluding carboxylic acids is 1. The number of fused-ring (bicyclic) bond motifs is 2. The Kier molecular flexibility index (Phi) is 4.56. The van der Waals surface area contributed by atoms with E-state index >= 15 is 0 Å². The van der Waals surface area contributed by atoms with E-state index in [0.29, 0.717) is 6.54 Å². The summed E-state index contributed by atoms with van der Waals surface area (Å²) in [5.74, 6) is -0.372. The Balaban J connectivity index is 1.89. The third kappa shape index (κ3) is 3.15. The van der Waals surface area contributed by atoms with Crippen molar-refractivity contribution in [2.75, 3.05) is 6.54 Å². The molecule has 2 aromatic carbocycles. The average molecular weight is 392 g/mol. The maximum absolute atomic E-state index is 13.7. The average Bonchev–Trinajstić information content (AvgIpc) is 3.21. The maximum Gasteiger partial charge on any atom is 0.410 e. The highest BCUT2D eigenvalue weighted by molar-refractivity contribution is 5.89. The van der Waals surface area contributed by atoms with E-state index < -0.39 is 17.1 Å². The number of para-hydroxylation sites is 1. The highest BCUT2D eigenvalue weighted by atomic mass is 19.1. The first-order valence-electron chi connectivity index (χ1n) is 9.78. The van der Waals surface area contributed by atoms with E-state index in [1.165, 1.54) is 12.1 Å². The quantitative estimate of drug-likeness (QED) is 0.627. The molecule has 2 unspecified atom stereocenters. The summed E-state index contributed by atoms with van der Waals surface area (Å²) in [6, 6.07) is 13.9. The van der Waals surface area contributed by atoms with E-state index in [9.17, 15) is 9.18 Å². The fourth-order valence-electron chi connectivity index (χ4n) is 4.51. The van der Waals surface area contributed by atoms with Crippen LogP contribution in [-0.2, 0) is 10.2 Å². The molecule has 0 N–H and O–H groups in total. The molecule has 2 aromatic rings. The number of carbonyl (C=O) groups is 1. The standard InChI is InChI=1S/C24H25FN2O2/c1-5-17-14-27(22(28)29-23(2,3)4)21(16-10-12-18(25)13-11-16)24(17)15-26-20-9-7-6-8-19(20)24/h5-13,15,17,21H,1,14H2,2-4H3/t17?,21-,24?/m0/s1. The molecular formula is C24H25FN2O2. The molecule has 2 aliphatic rings. The number of aliphatic imine (C=N–C) groups is 1. The number of halogens is 1. The number of hydrogen-bond donors (Lipinski definition) is 0. The van der Waals surface area contributed by atoms with Crippen molar-refractivity contribution < 1.29 is 13.9 Å². The summed E-state index contributed by atoms with van der Waals surface area (Å²) >= 11 is 0. The molecule has 1 amide bonds. The predicted octanol–water partition coefficient (Wildman–Crippen LogP) is 5.57. The van der Waals surface area contributed by atoms with Gasteiger partial charge in [0.15, 0.2) is 0 Å². The van der Waals surface area contributed by atoms with Crippen molar-refractivity contribution in [1.29, 1.82) is 0 Å². The van der Waals surface area contributed by atoms with Crippen molar-refractivity contribution >= 4 is 18.0 Å². The Morgan fingerprint density at radius 1 is 1.24 bits per heavy atom. The van der Waals surface area contributed by atoms with Gasteiger partial charge in [0.05, 0.1) is 17.1 Å². The highest BCUT2D eigenvalue weighted by Gasteiger charge is 2.58. The van der Waals surface area contributed by atoms with Gasteiger partial charge < -0.3 is 4.74 Å². The van der Waals surface area contributed by atoms with Crippen LogP contribution in [0.2, 0.25) is 0 Å². The van der Waals surface area contributed by atoms with Crippen LogP contribution in [0.15, 0.2) is 66.2 Å². The molecule has 0 bridgehead atoms. The molecule has 0 aliphatic carbocycles. The van der Waals surface area contributed by atoms with Gasteiger partial charge in [-0.2, -0.15) is 0 Å². The Labute approximate surface area is 170 Å². The Morgan fingerprint density at radius 3 is 2.59 bits per heavy atom. The van der Waals surface area contributed by atoms with E-state index in [4.69, 9.17) is 4.74 Å². The molecule has 0 radical (unpaired) electrons. The van der Waals surface area contributed by atoms with Crippen molar-refractivity contribution in [3.05, 3.63) is 78.1 Å². The Morgan fingerprint density at radius 2 is 1.93 bits per heavy atom. The van der Waals surface area contributed by atoms with Gasteiger partial charge in [0.25, 0.3) is 0 Å². The van der Waals surface area contributed by atoms with Crippen LogP contribution in [0.5, 0.6) is 0 Å². The van der Waals surface area contributed by atoms with Gasteiger partial charge in [0.2, 0.25) is 0 Å². The van der Waals surface area contributed by atoms with Crippen LogP contribution in [0, 0.1) is 11.7 Å². The highest BCUT2D eigenvalue weighted by Crippen LogP contribution is 2.56. The van der Waals surface area contributed by atoms with Crippen LogP contribution in [0.3, 0.4) is 0 Å².